The van der Waals surface area contributed by atoms with Crippen molar-refractivity contribution in [1.82, 2.24) is 10.6 Å². The Morgan fingerprint density at radius 2 is 2.29 bits per heavy atom. The van der Waals surface area contributed by atoms with Gasteiger partial charge in [0.1, 0.15) is 0 Å². The highest BCUT2D eigenvalue weighted by Crippen LogP contribution is 1.57. The van der Waals surface area contributed by atoms with Crippen molar-refractivity contribution in [2.75, 3.05) is 13.7 Å². The van der Waals surface area contributed by atoms with Crippen molar-refractivity contribution in [3.8, 4) is 0 Å². The van der Waals surface area contributed by atoms with Crippen LogP contribution in [-0.2, 0) is 0 Å². The van der Waals surface area contributed by atoms with Crippen LogP contribution in [0.2, 0.25) is 0 Å². The summed E-state index contributed by atoms with van der Waals surface area (Å²) < 4.78 is 0. The number of hydrogen-bond donors (Lipinski definition) is 2. The maximum Gasteiger partial charge on any atom is 0.0645 e. The maximum atomic E-state index is 2.99. The fraction of sp³-hybridized carbons (Fsp3) is 0.600. The molecule has 0 aliphatic heterocycles. The van der Waals surface area contributed by atoms with Gasteiger partial charge in [-0.1, -0.05) is 6.08 Å². The Morgan fingerprint density at radius 3 is 2.71 bits per heavy atom. The topological polar surface area (TPSA) is 24.1 Å². The predicted octanol–water partition coefficient (Wildman–Crippen LogP) is 0.286. The summed E-state index contributed by atoms with van der Waals surface area (Å²) in [5.74, 6) is 0. The third-order valence-electron chi connectivity index (χ3n) is 0.563. The lowest BCUT2D eigenvalue weighted by Crippen LogP contribution is -2.20. The molecule has 2 nitrogen and oxygen atoms in total. The normalized spacial score (nSPS) is 10.0. The van der Waals surface area contributed by atoms with Crippen LogP contribution in [0.3, 0.4) is 0 Å². The molecule has 7 heavy (non-hydrogen) atoms. The maximum absolute atomic E-state index is 2.99. The summed E-state index contributed by atoms with van der Waals surface area (Å²) in [7, 11) is 1.90. The minimum absolute atomic E-state index is 0.838. The zero-order valence-corrected chi connectivity index (χ0v) is 4.86. The van der Waals surface area contributed by atoms with E-state index in [-0.39, 0.29) is 0 Å². The van der Waals surface area contributed by atoms with Crippen molar-refractivity contribution in [1.29, 1.82) is 0 Å². The molecule has 0 heterocycles. The molecule has 0 atom stereocenters. The molecule has 0 aliphatic carbocycles. The van der Waals surface area contributed by atoms with E-state index in [9.17, 15) is 0 Å². The Morgan fingerprint density at radius 1 is 1.57 bits per heavy atom. The van der Waals surface area contributed by atoms with E-state index in [0.29, 0.717) is 0 Å². The van der Waals surface area contributed by atoms with Crippen LogP contribution in [0.4, 0.5) is 0 Å². The van der Waals surface area contributed by atoms with Gasteiger partial charge in [0.2, 0.25) is 0 Å². The smallest absolute Gasteiger partial charge is 0.0645 e. The molecule has 0 amide bonds. The van der Waals surface area contributed by atoms with Crippen LogP contribution in [0.1, 0.15) is 6.92 Å². The van der Waals surface area contributed by atoms with E-state index < -0.39 is 0 Å². The van der Waals surface area contributed by atoms with Crippen molar-refractivity contribution in [3.05, 3.63) is 12.3 Å². The average Bonchev–Trinajstić information content (AvgIpc) is 1.69. The van der Waals surface area contributed by atoms with Gasteiger partial charge in [0.05, 0.1) is 6.67 Å². The van der Waals surface area contributed by atoms with Gasteiger partial charge in [-0.2, -0.15) is 0 Å². The van der Waals surface area contributed by atoms with Crippen LogP contribution < -0.4 is 10.6 Å². The first-order chi connectivity index (χ1) is 3.41. The molecule has 0 radical (unpaired) electrons. The standard InChI is InChI=1S/C5H12N2/c1-3-4-7-5-6-2/h3-4,6-7H,5H2,1-2H3. The van der Waals surface area contributed by atoms with Gasteiger partial charge < -0.3 is 10.6 Å². The highest BCUT2D eigenvalue weighted by molar-refractivity contribution is 4.72. The molecule has 0 saturated carbocycles. The van der Waals surface area contributed by atoms with Gasteiger partial charge in [-0.3, -0.25) is 0 Å². The molecule has 0 bridgehead atoms. The van der Waals surface area contributed by atoms with Gasteiger partial charge in [-0.15, -0.1) is 0 Å². The lowest BCUT2D eigenvalue weighted by atomic mass is 10.7. The van der Waals surface area contributed by atoms with Gasteiger partial charge in [0.15, 0.2) is 0 Å². The second-order valence-electron chi connectivity index (χ2n) is 1.23. The molecule has 0 unspecified atom stereocenters. The summed E-state index contributed by atoms with van der Waals surface area (Å²) in [4.78, 5) is 0. The third kappa shape index (κ3) is 5.50. The molecule has 0 aromatic heterocycles. The van der Waals surface area contributed by atoms with Crippen LogP contribution >= 0.6 is 0 Å². The third-order valence-corrected chi connectivity index (χ3v) is 0.563. The largest absolute Gasteiger partial charge is 0.379 e. The Balaban J connectivity index is 2.69. The Bertz CT molecular complexity index is 50.0. The molecule has 0 saturated heterocycles. The van der Waals surface area contributed by atoms with Gasteiger partial charge in [0, 0.05) is 0 Å². The molecule has 0 spiro atoms. The monoisotopic (exact) mass is 100 g/mol. The van der Waals surface area contributed by atoms with Gasteiger partial charge in [-0.25, -0.2) is 0 Å². The van der Waals surface area contributed by atoms with E-state index in [2.05, 4.69) is 10.6 Å². The summed E-state index contributed by atoms with van der Waals surface area (Å²) in [6.45, 7) is 2.81. The molecule has 42 valence electrons. The van der Waals surface area contributed by atoms with Crippen molar-refractivity contribution < 1.29 is 0 Å². The first-order valence-corrected chi connectivity index (χ1v) is 2.41. The van der Waals surface area contributed by atoms with Crippen molar-refractivity contribution >= 4 is 0 Å². The van der Waals surface area contributed by atoms with Crippen LogP contribution in [-0.4, -0.2) is 13.7 Å². The lowest BCUT2D eigenvalue weighted by molar-refractivity contribution is 0.736. The number of allylic oxidation sites excluding steroid dienone is 1. The Hall–Kier alpha value is -0.500. The summed E-state index contributed by atoms with van der Waals surface area (Å²) in [6.07, 6.45) is 3.86. The predicted molar refractivity (Wildman–Crippen MR) is 31.9 cm³/mol. The van der Waals surface area contributed by atoms with Crippen molar-refractivity contribution in [2.45, 2.75) is 6.92 Å². The van der Waals surface area contributed by atoms with Crippen LogP contribution in [0, 0.1) is 0 Å². The molecule has 0 rings (SSSR count). The van der Waals surface area contributed by atoms with Crippen LogP contribution in [0.5, 0.6) is 0 Å². The van der Waals surface area contributed by atoms with E-state index in [0.717, 1.165) is 6.67 Å². The Kier molecular flexibility index (Phi) is 5.11. The van der Waals surface area contributed by atoms with Crippen LogP contribution in [0.25, 0.3) is 0 Å². The zero-order valence-electron chi connectivity index (χ0n) is 4.86. The second-order valence-corrected chi connectivity index (χ2v) is 1.23. The fourth-order valence-electron chi connectivity index (χ4n) is 0.279. The van der Waals surface area contributed by atoms with Gasteiger partial charge in [0.25, 0.3) is 0 Å². The van der Waals surface area contributed by atoms with Gasteiger partial charge >= 0.3 is 0 Å². The minimum Gasteiger partial charge on any atom is -0.379 e. The molecule has 2 N–H and O–H groups in total. The minimum atomic E-state index is 0.838. The average molecular weight is 100 g/mol. The highest BCUT2D eigenvalue weighted by atomic mass is 15.0. The second kappa shape index (κ2) is 5.50. The SMILES string of the molecule is CC=CNCNC. The van der Waals surface area contributed by atoms with E-state index in [1.54, 1.807) is 0 Å². The van der Waals surface area contributed by atoms with E-state index in [1.807, 2.05) is 26.2 Å². The summed E-state index contributed by atoms with van der Waals surface area (Å²) in [6, 6.07) is 0. The van der Waals surface area contributed by atoms with Crippen LogP contribution in [0.15, 0.2) is 12.3 Å². The molecular formula is C5H12N2. The molecular weight excluding hydrogens is 88.1 g/mol. The van der Waals surface area contributed by atoms with Crippen molar-refractivity contribution in [2.24, 2.45) is 0 Å². The van der Waals surface area contributed by atoms with Crippen molar-refractivity contribution in [3.63, 3.8) is 0 Å². The molecule has 2 heteroatoms. The molecule has 0 aromatic carbocycles. The first-order valence-electron chi connectivity index (χ1n) is 2.41. The van der Waals surface area contributed by atoms with E-state index in [1.165, 1.54) is 0 Å². The van der Waals surface area contributed by atoms with Gasteiger partial charge in [-0.05, 0) is 20.2 Å². The fourth-order valence-corrected chi connectivity index (χ4v) is 0.279. The summed E-state index contributed by atoms with van der Waals surface area (Å²) in [5, 5.41) is 5.93. The van der Waals surface area contributed by atoms with E-state index >= 15 is 0 Å². The Labute approximate surface area is 44.6 Å². The lowest BCUT2D eigenvalue weighted by Gasteiger charge is -1.93. The molecule has 0 aromatic rings. The quantitative estimate of drug-likeness (QED) is 0.393. The number of hydrogen-bond acceptors (Lipinski definition) is 2. The number of nitrogens with one attached hydrogen (secondary N) is 2. The highest BCUT2D eigenvalue weighted by Gasteiger charge is 1.65. The van der Waals surface area contributed by atoms with E-state index in [4.69, 9.17) is 0 Å². The summed E-state index contributed by atoms with van der Waals surface area (Å²) >= 11 is 0. The zero-order chi connectivity index (χ0) is 5.54. The molecule has 0 aliphatic rings. The molecule has 0 fully saturated rings. The number of rotatable bonds is 3. The first kappa shape index (κ1) is 6.50. The summed E-state index contributed by atoms with van der Waals surface area (Å²) in [5.41, 5.74) is 0.